The van der Waals surface area contributed by atoms with Crippen LogP contribution >= 0.6 is 23.6 Å². The Morgan fingerprint density at radius 2 is 1.52 bits per heavy atom. The molecule has 1 atom stereocenters. The molecule has 0 aliphatic carbocycles. The first-order valence-corrected chi connectivity index (χ1v) is 11.3. The smallest absolute Gasteiger partial charge is 0.345 e. The molecule has 2 aromatic rings. The number of rotatable bonds is 6. The number of ether oxygens (including phenoxy) is 1. The zero-order valence-electron chi connectivity index (χ0n) is 17.1. The van der Waals surface area contributed by atoms with E-state index in [0.29, 0.717) is 0 Å². The van der Waals surface area contributed by atoms with Gasteiger partial charge in [0.05, 0.1) is 11.8 Å². The summed E-state index contributed by atoms with van der Waals surface area (Å²) in [6, 6.07) is 12.0. The van der Waals surface area contributed by atoms with Crippen LogP contribution in [0.3, 0.4) is 0 Å². The molecular formula is C21H29BrFO3P. The standard InChI is InChI=1S/C21H29BrFO3P/c1-19(2,3)20(4,5)27(23,24)26-21(6,7)25-14-15-8-9-17-13-18(22)11-10-16(17)12-15/h8-13H,14H2,1-7H3. The van der Waals surface area contributed by atoms with Crippen LogP contribution in [0, 0.1) is 5.41 Å². The average molecular weight is 459 g/mol. The predicted octanol–water partition coefficient (Wildman–Crippen LogP) is 7.86. The summed E-state index contributed by atoms with van der Waals surface area (Å²) in [5.41, 5.74) is 0.408. The first kappa shape index (κ1) is 22.5. The van der Waals surface area contributed by atoms with Gasteiger partial charge in [-0.05, 0) is 67.6 Å². The number of halogens is 2. The molecule has 0 aliphatic heterocycles. The van der Waals surface area contributed by atoms with Crippen molar-refractivity contribution in [2.45, 2.75) is 66.0 Å². The minimum Gasteiger partial charge on any atom is -0.345 e. The highest BCUT2D eigenvalue weighted by Gasteiger charge is 2.53. The van der Waals surface area contributed by atoms with E-state index in [4.69, 9.17) is 9.26 Å². The van der Waals surface area contributed by atoms with Gasteiger partial charge in [0.1, 0.15) is 0 Å². The number of hydrogen-bond acceptors (Lipinski definition) is 3. The zero-order valence-corrected chi connectivity index (χ0v) is 19.6. The quantitative estimate of drug-likeness (QED) is 0.326. The third-order valence-corrected chi connectivity index (χ3v) is 8.47. The molecule has 6 heteroatoms. The van der Waals surface area contributed by atoms with Gasteiger partial charge in [-0.2, -0.15) is 4.20 Å². The van der Waals surface area contributed by atoms with Gasteiger partial charge in [0, 0.05) is 4.47 Å². The third kappa shape index (κ3) is 5.20. The summed E-state index contributed by atoms with van der Waals surface area (Å²) < 4.78 is 40.0. The van der Waals surface area contributed by atoms with E-state index in [1.807, 2.05) is 57.2 Å². The topological polar surface area (TPSA) is 35.5 Å². The van der Waals surface area contributed by atoms with Crippen LogP contribution in [0.15, 0.2) is 40.9 Å². The van der Waals surface area contributed by atoms with Gasteiger partial charge in [-0.15, -0.1) is 0 Å². The summed E-state index contributed by atoms with van der Waals surface area (Å²) in [6.45, 7) is 12.2. The Labute approximate surface area is 170 Å². The third-order valence-electron chi connectivity index (χ3n) is 5.29. The molecular weight excluding hydrogens is 430 g/mol. The first-order chi connectivity index (χ1) is 12.1. The van der Waals surface area contributed by atoms with E-state index in [9.17, 15) is 4.57 Å². The molecule has 0 bridgehead atoms. The van der Waals surface area contributed by atoms with Gasteiger partial charge in [0.2, 0.25) is 0 Å². The van der Waals surface area contributed by atoms with Crippen molar-refractivity contribution < 1.29 is 18.0 Å². The van der Waals surface area contributed by atoms with Crippen molar-refractivity contribution in [3.8, 4) is 0 Å². The molecule has 27 heavy (non-hydrogen) atoms. The van der Waals surface area contributed by atoms with E-state index in [-0.39, 0.29) is 6.61 Å². The molecule has 0 aliphatic rings. The molecule has 0 N–H and O–H groups in total. The lowest BCUT2D eigenvalue weighted by atomic mass is 9.82. The summed E-state index contributed by atoms with van der Waals surface area (Å²) in [6.07, 6.45) is 0. The molecule has 0 saturated heterocycles. The lowest BCUT2D eigenvalue weighted by Crippen LogP contribution is -2.39. The number of fused-ring (bicyclic) bond motifs is 1. The van der Waals surface area contributed by atoms with Gasteiger partial charge < -0.3 is 4.74 Å². The van der Waals surface area contributed by atoms with Crippen LogP contribution in [-0.2, 0) is 20.4 Å². The molecule has 0 heterocycles. The summed E-state index contributed by atoms with van der Waals surface area (Å²) in [5.74, 6) is -1.32. The zero-order chi connectivity index (χ0) is 20.7. The molecule has 0 spiro atoms. The molecule has 0 amide bonds. The van der Waals surface area contributed by atoms with Crippen LogP contribution in [0.25, 0.3) is 10.8 Å². The maximum absolute atomic E-state index is 15.1. The van der Waals surface area contributed by atoms with E-state index >= 15 is 4.20 Å². The summed E-state index contributed by atoms with van der Waals surface area (Å²) >= 11 is 3.46. The maximum Gasteiger partial charge on any atom is 0.375 e. The second-order valence-electron chi connectivity index (χ2n) is 8.89. The van der Waals surface area contributed by atoms with Crippen LogP contribution in [-0.4, -0.2) is 10.9 Å². The van der Waals surface area contributed by atoms with Gasteiger partial charge >= 0.3 is 7.68 Å². The van der Waals surface area contributed by atoms with E-state index in [0.717, 1.165) is 20.8 Å². The van der Waals surface area contributed by atoms with Gasteiger partial charge in [-0.25, -0.2) is 0 Å². The van der Waals surface area contributed by atoms with Crippen LogP contribution in [0.1, 0.15) is 54.0 Å². The minimum absolute atomic E-state index is 0.231. The van der Waals surface area contributed by atoms with Crippen molar-refractivity contribution >= 4 is 34.4 Å². The van der Waals surface area contributed by atoms with Gasteiger partial charge in [0.15, 0.2) is 5.79 Å². The van der Waals surface area contributed by atoms with Crippen LogP contribution < -0.4 is 0 Å². The highest BCUT2D eigenvalue weighted by atomic mass is 79.9. The molecule has 0 radical (unpaired) electrons. The highest BCUT2D eigenvalue weighted by Crippen LogP contribution is 2.68. The second kappa shape index (κ2) is 7.59. The van der Waals surface area contributed by atoms with Crippen molar-refractivity contribution in [2.24, 2.45) is 5.41 Å². The van der Waals surface area contributed by atoms with Gasteiger partial charge in [0.25, 0.3) is 0 Å². The van der Waals surface area contributed by atoms with Crippen LogP contribution in [0.2, 0.25) is 0 Å². The molecule has 150 valence electrons. The first-order valence-electron chi connectivity index (χ1n) is 8.97. The van der Waals surface area contributed by atoms with Crippen molar-refractivity contribution in [1.82, 2.24) is 0 Å². The Bertz CT molecular complexity index is 871. The monoisotopic (exact) mass is 458 g/mol. The Morgan fingerprint density at radius 3 is 2.11 bits per heavy atom. The van der Waals surface area contributed by atoms with Crippen molar-refractivity contribution in [3.05, 3.63) is 46.4 Å². The van der Waals surface area contributed by atoms with E-state index in [2.05, 4.69) is 15.9 Å². The predicted molar refractivity (Wildman–Crippen MR) is 114 cm³/mol. The van der Waals surface area contributed by atoms with E-state index in [1.54, 1.807) is 27.7 Å². The number of benzene rings is 2. The van der Waals surface area contributed by atoms with Crippen molar-refractivity contribution in [1.29, 1.82) is 0 Å². The molecule has 0 fully saturated rings. The normalized spacial score (nSPS) is 15.7. The Kier molecular flexibility index (Phi) is 6.34. The molecule has 0 saturated carbocycles. The van der Waals surface area contributed by atoms with Gasteiger partial charge in [-0.3, -0.25) is 9.09 Å². The fourth-order valence-corrected chi connectivity index (χ4v) is 4.46. The second-order valence-corrected chi connectivity index (χ2v) is 12.1. The van der Waals surface area contributed by atoms with Crippen LogP contribution in [0.4, 0.5) is 4.20 Å². The maximum atomic E-state index is 15.1. The molecule has 0 aromatic heterocycles. The molecule has 2 aromatic carbocycles. The Balaban J connectivity index is 2.12. The molecule has 3 nitrogen and oxygen atoms in total. The average Bonchev–Trinajstić information content (AvgIpc) is 2.50. The molecule has 2 rings (SSSR count). The van der Waals surface area contributed by atoms with Gasteiger partial charge in [-0.1, -0.05) is 54.9 Å². The largest absolute Gasteiger partial charge is 0.375 e. The summed E-state index contributed by atoms with van der Waals surface area (Å²) in [7, 11) is -4.43. The fourth-order valence-electron chi connectivity index (χ4n) is 2.44. The van der Waals surface area contributed by atoms with Crippen molar-refractivity contribution in [2.75, 3.05) is 0 Å². The lowest BCUT2D eigenvalue weighted by Gasteiger charge is -2.42. The lowest BCUT2D eigenvalue weighted by molar-refractivity contribution is -0.168. The van der Waals surface area contributed by atoms with Crippen molar-refractivity contribution in [3.63, 3.8) is 0 Å². The molecule has 1 unspecified atom stereocenters. The number of hydrogen-bond donors (Lipinski definition) is 0. The highest BCUT2D eigenvalue weighted by molar-refractivity contribution is 9.10. The van der Waals surface area contributed by atoms with Crippen LogP contribution in [0.5, 0.6) is 0 Å². The minimum atomic E-state index is -4.43. The Morgan fingerprint density at radius 1 is 0.963 bits per heavy atom. The summed E-state index contributed by atoms with van der Waals surface area (Å²) in [4.78, 5) is 0. The SMILES string of the molecule is CC(C)(OCc1ccc2cc(Br)ccc2c1)OP(=O)(F)C(C)(C)C(C)(C)C. The summed E-state index contributed by atoms with van der Waals surface area (Å²) in [5, 5.41) is 1.06. The van der Waals surface area contributed by atoms with E-state index in [1.165, 1.54) is 0 Å². The fraction of sp³-hybridized carbons (Fsp3) is 0.524. The Hall–Kier alpha value is -0.740. The van der Waals surface area contributed by atoms with E-state index < -0.39 is 24.0 Å².